The van der Waals surface area contributed by atoms with Crippen molar-refractivity contribution >= 4 is 22.5 Å². The monoisotopic (exact) mass is 584 g/mol. The molecule has 1 aliphatic heterocycles. The molecule has 220 valence electrons. The Morgan fingerprint density at radius 1 is 1.27 bits per heavy atom. The summed E-state index contributed by atoms with van der Waals surface area (Å²) < 4.78 is 87.6. The summed E-state index contributed by atoms with van der Waals surface area (Å²) in [5.41, 5.74) is 0.758. The normalized spacial score (nSPS) is 18.3. The van der Waals surface area contributed by atoms with Gasteiger partial charge in [0.1, 0.15) is 19.3 Å². The summed E-state index contributed by atoms with van der Waals surface area (Å²) in [5, 5.41) is 13.6. The number of carbonyl (C=O) groups is 1. The lowest BCUT2D eigenvalue weighted by Crippen LogP contribution is -2.46. The topological polar surface area (TPSA) is 106 Å². The highest BCUT2D eigenvalue weighted by atomic mass is 19.4. The molecular formula is C25H26F6N8O2. The van der Waals surface area contributed by atoms with Gasteiger partial charge in [-0.05, 0) is 31.7 Å². The molecule has 1 fully saturated rings. The number of amides is 1. The molecule has 41 heavy (non-hydrogen) atoms. The van der Waals surface area contributed by atoms with Gasteiger partial charge in [-0.3, -0.25) is 9.48 Å². The first-order valence-electron chi connectivity index (χ1n) is 12.7. The quantitative estimate of drug-likeness (QED) is 0.286. The van der Waals surface area contributed by atoms with E-state index in [1.54, 1.807) is 12.1 Å². The third-order valence-electron chi connectivity index (χ3n) is 6.69. The Kier molecular flexibility index (Phi) is 7.93. The van der Waals surface area contributed by atoms with Crippen LogP contribution in [0.3, 0.4) is 0 Å². The van der Waals surface area contributed by atoms with Crippen molar-refractivity contribution in [2.24, 2.45) is 0 Å². The maximum Gasteiger partial charge on any atom is 0.406 e. The number of nitrogens with zero attached hydrogens (tertiary/aromatic N) is 6. The number of hydrogen-bond acceptors (Lipinski definition) is 7. The zero-order chi connectivity index (χ0) is 29.3. The first-order valence-corrected chi connectivity index (χ1v) is 12.7. The molecule has 1 saturated heterocycles. The molecule has 2 atom stereocenters. The number of likely N-dealkylation sites (tertiary alicyclic amines) is 1. The van der Waals surface area contributed by atoms with Crippen molar-refractivity contribution in [3.63, 3.8) is 0 Å². The molecule has 0 bridgehead atoms. The van der Waals surface area contributed by atoms with E-state index in [1.807, 2.05) is 11.9 Å². The van der Waals surface area contributed by atoms with Crippen LogP contribution in [0.5, 0.6) is 0 Å². The highest BCUT2D eigenvalue weighted by Crippen LogP contribution is 2.35. The van der Waals surface area contributed by atoms with Crippen molar-refractivity contribution in [1.82, 2.24) is 34.7 Å². The van der Waals surface area contributed by atoms with Crippen LogP contribution in [0, 0.1) is 0 Å². The van der Waals surface area contributed by atoms with Crippen LogP contribution in [-0.4, -0.2) is 80.2 Å². The van der Waals surface area contributed by atoms with E-state index in [1.165, 1.54) is 12.1 Å². The number of halogens is 6. The summed E-state index contributed by atoms with van der Waals surface area (Å²) in [4.78, 5) is 18.4. The highest BCUT2D eigenvalue weighted by Gasteiger charge is 2.32. The van der Waals surface area contributed by atoms with Gasteiger partial charge in [-0.1, -0.05) is 11.2 Å². The molecule has 1 aromatic carbocycles. The molecule has 16 heteroatoms. The number of benzene rings is 1. The second-order valence-corrected chi connectivity index (χ2v) is 9.82. The van der Waals surface area contributed by atoms with E-state index in [-0.39, 0.29) is 41.6 Å². The number of carbonyl (C=O) groups excluding carboxylic acids is 1. The molecule has 4 heterocycles. The summed E-state index contributed by atoms with van der Waals surface area (Å²) in [7, 11) is 1.82. The Bertz CT molecular complexity index is 1510. The van der Waals surface area contributed by atoms with Crippen LogP contribution in [0.1, 0.15) is 22.7 Å². The van der Waals surface area contributed by atoms with Gasteiger partial charge in [0, 0.05) is 30.4 Å². The molecule has 3 aromatic heterocycles. The van der Waals surface area contributed by atoms with Gasteiger partial charge in [-0.15, -0.1) is 0 Å². The Morgan fingerprint density at radius 2 is 2.07 bits per heavy atom. The van der Waals surface area contributed by atoms with Crippen LogP contribution in [0.4, 0.5) is 32.0 Å². The van der Waals surface area contributed by atoms with Crippen LogP contribution >= 0.6 is 0 Å². The third kappa shape index (κ3) is 6.64. The zero-order valence-electron chi connectivity index (χ0n) is 21.7. The summed E-state index contributed by atoms with van der Waals surface area (Å²) >= 11 is 0. The Balaban J connectivity index is 1.38. The van der Waals surface area contributed by atoms with Crippen molar-refractivity contribution in [2.45, 2.75) is 50.9 Å². The van der Waals surface area contributed by atoms with E-state index >= 15 is 0 Å². The minimum absolute atomic E-state index is 0.0151. The SMILES string of the molecule is CN1CC[C@@H](Nc2cccc3c2cc(-c2noc(CNC(=O)c4cnn(CC(F)F)c4)n2)n3CC(F)(F)F)[C@@H](F)C1. The van der Waals surface area contributed by atoms with Crippen LogP contribution in [0.2, 0.25) is 0 Å². The summed E-state index contributed by atoms with van der Waals surface area (Å²) in [6, 6.07) is 5.76. The Labute approximate surface area is 229 Å². The molecule has 0 spiro atoms. The molecular weight excluding hydrogens is 558 g/mol. The lowest BCUT2D eigenvalue weighted by atomic mass is 10.0. The number of piperidine rings is 1. The zero-order valence-corrected chi connectivity index (χ0v) is 21.7. The maximum absolute atomic E-state index is 14.7. The highest BCUT2D eigenvalue weighted by molar-refractivity contribution is 5.96. The lowest BCUT2D eigenvalue weighted by molar-refractivity contribution is -0.139. The average Bonchev–Trinajstić information content (AvgIpc) is 3.63. The first-order chi connectivity index (χ1) is 19.5. The molecule has 2 N–H and O–H groups in total. The van der Waals surface area contributed by atoms with Crippen molar-refractivity contribution in [2.75, 3.05) is 25.5 Å². The number of hydrogen-bond donors (Lipinski definition) is 2. The number of nitrogens with one attached hydrogen (secondary N) is 2. The molecule has 4 aromatic rings. The molecule has 10 nitrogen and oxygen atoms in total. The van der Waals surface area contributed by atoms with Crippen molar-refractivity contribution in [3.05, 3.63) is 48.1 Å². The molecule has 0 unspecified atom stereocenters. The van der Waals surface area contributed by atoms with Gasteiger partial charge in [-0.2, -0.15) is 23.3 Å². The number of rotatable bonds is 9. The number of aromatic nitrogens is 5. The fourth-order valence-electron chi connectivity index (χ4n) is 4.77. The van der Waals surface area contributed by atoms with Crippen LogP contribution in [0.25, 0.3) is 22.4 Å². The predicted octanol–water partition coefficient (Wildman–Crippen LogP) is 4.10. The fraction of sp³-hybridized carbons (Fsp3) is 0.440. The minimum Gasteiger partial charge on any atom is -0.379 e. The third-order valence-corrected chi connectivity index (χ3v) is 6.69. The van der Waals surface area contributed by atoms with Gasteiger partial charge < -0.3 is 24.6 Å². The van der Waals surface area contributed by atoms with Gasteiger partial charge in [0.2, 0.25) is 11.7 Å². The van der Waals surface area contributed by atoms with Crippen LogP contribution in [-0.2, 0) is 19.6 Å². The number of fused-ring (bicyclic) bond motifs is 1. The van der Waals surface area contributed by atoms with Crippen LogP contribution in [0.15, 0.2) is 41.2 Å². The minimum atomic E-state index is -4.57. The molecule has 1 aliphatic rings. The molecule has 0 radical (unpaired) electrons. The van der Waals surface area contributed by atoms with Gasteiger partial charge >= 0.3 is 6.18 Å². The summed E-state index contributed by atoms with van der Waals surface area (Å²) in [6.07, 6.45) is -5.58. The van der Waals surface area contributed by atoms with E-state index in [2.05, 4.69) is 25.9 Å². The molecule has 1 amide bonds. The summed E-state index contributed by atoms with van der Waals surface area (Å²) in [6.45, 7) is -1.36. The van der Waals surface area contributed by atoms with Gasteiger partial charge in [-0.25, -0.2) is 13.2 Å². The second kappa shape index (κ2) is 11.4. The number of alkyl halides is 6. The summed E-state index contributed by atoms with van der Waals surface area (Å²) in [5.74, 6) is -0.887. The molecule has 5 rings (SSSR count). The van der Waals surface area contributed by atoms with Crippen molar-refractivity contribution < 1.29 is 35.7 Å². The first kappa shape index (κ1) is 28.4. The standard InChI is InChI=1S/C25H26F6N8O2/c1-37-6-5-18(16(26)11-37)34-17-3-2-4-19-15(17)7-20(39(19)13-25(29,30)31)23-35-22(41-36-23)9-32-24(40)14-8-33-38(10-14)12-21(27)28/h2-4,7-8,10,16,18,21,34H,5-6,9,11-13H2,1H3,(H,32,40)/t16-,18+/m0/s1. The molecule has 0 saturated carbocycles. The van der Waals surface area contributed by atoms with Crippen molar-refractivity contribution in [3.8, 4) is 11.5 Å². The van der Waals surface area contributed by atoms with Gasteiger partial charge in [0.25, 0.3) is 12.3 Å². The largest absolute Gasteiger partial charge is 0.406 e. The molecule has 0 aliphatic carbocycles. The van der Waals surface area contributed by atoms with Crippen molar-refractivity contribution in [1.29, 1.82) is 0 Å². The van der Waals surface area contributed by atoms with E-state index in [9.17, 15) is 31.1 Å². The van der Waals surface area contributed by atoms with E-state index in [0.29, 0.717) is 24.0 Å². The predicted molar refractivity (Wildman–Crippen MR) is 135 cm³/mol. The van der Waals surface area contributed by atoms with Crippen LogP contribution < -0.4 is 10.6 Å². The lowest BCUT2D eigenvalue weighted by Gasteiger charge is -2.33. The van der Waals surface area contributed by atoms with Gasteiger partial charge in [0.15, 0.2) is 0 Å². The van der Waals surface area contributed by atoms with E-state index < -0.39 is 43.8 Å². The smallest absolute Gasteiger partial charge is 0.379 e. The van der Waals surface area contributed by atoms with E-state index in [0.717, 1.165) is 21.6 Å². The Morgan fingerprint density at radius 3 is 2.80 bits per heavy atom. The average molecular weight is 585 g/mol. The maximum atomic E-state index is 14.7. The van der Waals surface area contributed by atoms with E-state index in [4.69, 9.17) is 4.52 Å². The second-order valence-electron chi connectivity index (χ2n) is 9.82. The fourth-order valence-corrected chi connectivity index (χ4v) is 4.77. The number of anilines is 1. The van der Waals surface area contributed by atoms with Gasteiger partial charge in [0.05, 0.1) is 35.6 Å². The Hall–Kier alpha value is -4.08.